The zero-order chi connectivity index (χ0) is 14.2. The van der Waals surface area contributed by atoms with E-state index in [-0.39, 0.29) is 23.6 Å². The smallest absolute Gasteiger partial charge is 0.209 e. The van der Waals surface area contributed by atoms with Crippen molar-refractivity contribution in [2.24, 2.45) is 0 Å². The van der Waals surface area contributed by atoms with Crippen LogP contribution in [0.3, 0.4) is 0 Å². The number of benzene rings is 1. The Balaban J connectivity index is 2.25. The lowest BCUT2D eigenvalue weighted by molar-refractivity contribution is 0.376. The average molecular weight is 275 g/mol. The minimum absolute atomic E-state index is 0.0453. The maximum atomic E-state index is 14.1. The highest BCUT2D eigenvalue weighted by atomic mass is 19.1. The first-order valence-electron chi connectivity index (χ1n) is 6.06. The molecular formula is C15H11F2NO2. The van der Waals surface area contributed by atoms with Gasteiger partial charge in [-0.1, -0.05) is 12.1 Å². The Kier molecular flexibility index (Phi) is 2.89. The number of aliphatic hydroxyl groups is 1. The van der Waals surface area contributed by atoms with Gasteiger partial charge in [-0.3, -0.25) is 0 Å². The van der Waals surface area contributed by atoms with Gasteiger partial charge in [-0.15, -0.1) is 0 Å². The van der Waals surface area contributed by atoms with Crippen LogP contribution >= 0.6 is 0 Å². The van der Waals surface area contributed by atoms with E-state index in [9.17, 15) is 13.9 Å². The molecular weight excluding hydrogens is 264 g/mol. The summed E-state index contributed by atoms with van der Waals surface area (Å²) >= 11 is 0. The second kappa shape index (κ2) is 4.59. The van der Waals surface area contributed by atoms with E-state index in [4.69, 9.17) is 4.42 Å². The van der Waals surface area contributed by atoms with Crippen LogP contribution in [0.2, 0.25) is 0 Å². The van der Waals surface area contributed by atoms with Crippen LogP contribution in [0.25, 0.3) is 0 Å². The predicted octanol–water partition coefficient (Wildman–Crippen LogP) is 3.64. The molecule has 1 aliphatic carbocycles. The molecule has 2 aromatic rings. The van der Waals surface area contributed by atoms with Crippen molar-refractivity contribution in [2.75, 3.05) is 0 Å². The van der Waals surface area contributed by atoms with Gasteiger partial charge in [-0.05, 0) is 30.7 Å². The van der Waals surface area contributed by atoms with Gasteiger partial charge in [-0.2, -0.15) is 0 Å². The Bertz CT molecular complexity index is 672. The molecule has 1 heterocycles. The zero-order valence-corrected chi connectivity index (χ0v) is 10.4. The Labute approximate surface area is 113 Å². The van der Waals surface area contributed by atoms with E-state index in [1.807, 2.05) is 0 Å². The number of aromatic nitrogens is 1. The maximum Gasteiger partial charge on any atom is 0.209 e. The van der Waals surface area contributed by atoms with Crippen molar-refractivity contribution < 1.29 is 18.3 Å². The van der Waals surface area contributed by atoms with Gasteiger partial charge in [0, 0.05) is 5.56 Å². The highest BCUT2D eigenvalue weighted by Crippen LogP contribution is 2.41. The number of rotatable bonds is 2. The van der Waals surface area contributed by atoms with Crippen molar-refractivity contribution in [1.29, 1.82) is 0 Å². The quantitative estimate of drug-likeness (QED) is 0.910. The number of allylic oxidation sites excluding steroid dienone is 3. The number of aliphatic hydroxyl groups excluding tert-OH is 1. The molecule has 0 bridgehead atoms. The van der Waals surface area contributed by atoms with E-state index >= 15 is 0 Å². The van der Waals surface area contributed by atoms with E-state index < -0.39 is 17.0 Å². The molecule has 0 aliphatic heterocycles. The lowest BCUT2D eigenvalue weighted by Crippen LogP contribution is -2.29. The average Bonchev–Trinajstić information content (AvgIpc) is 2.95. The molecule has 0 fully saturated rings. The molecule has 1 aromatic carbocycles. The van der Waals surface area contributed by atoms with Crippen molar-refractivity contribution in [3.63, 3.8) is 0 Å². The maximum absolute atomic E-state index is 14.1. The number of halogens is 2. The summed E-state index contributed by atoms with van der Waals surface area (Å²) in [6.45, 7) is 0. The SMILES string of the molecule is OC1=CCC(c2ncco2)(c2c(F)cccc2F)C=C1. The van der Waals surface area contributed by atoms with E-state index in [2.05, 4.69) is 4.98 Å². The molecule has 0 amide bonds. The van der Waals surface area contributed by atoms with Gasteiger partial charge >= 0.3 is 0 Å². The van der Waals surface area contributed by atoms with Crippen LogP contribution in [0.4, 0.5) is 8.78 Å². The molecule has 1 atom stereocenters. The molecule has 1 N–H and O–H groups in total. The highest BCUT2D eigenvalue weighted by molar-refractivity contribution is 5.44. The van der Waals surface area contributed by atoms with Gasteiger partial charge in [0.1, 0.15) is 23.7 Å². The molecule has 1 aliphatic rings. The normalized spacial score (nSPS) is 21.8. The molecule has 3 rings (SSSR count). The predicted molar refractivity (Wildman–Crippen MR) is 68.1 cm³/mol. The van der Waals surface area contributed by atoms with Crippen LogP contribution in [-0.4, -0.2) is 10.1 Å². The van der Waals surface area contributed by atoms with Crippen LogP contribution in [0.5, 0.6) is 0 Å². The summed E-state index contributed by atoms with van der Waals surface area (Å²) in [5, 5.41) is 9.46. The summed E-state index contributed by atoms with van der Waals surface area (Å²) in [5.74, 6) is -1.13. The Morgan fingerprint density at radius 2 is 2.00 bits per heavy atom. The summed E-state index contributed by atoms with van der Waals surface area (Å²) in [6.07, 6.45) is 7.31. The third kappa shape index (κ3) is 1.82. The van der Waals surface area contributed by atoms with Crippen molar-refractivity contribution in [1.82, 2.24) is 4.98 Å². The molecule has 3 nitrogen and oxygen atoms in total. The summed E-state index contributed by atoms with van der Waals surface area (Å²) in [5.41, 5.74) is -1.33. The monoisotopic (exact) mass is 275 g/mol. The van der Waals surface area contributed by atoms with Gasteiger partial charge in [-0.25, -0.2) is 13.8 Å². The van der Waals surface area contributed by atoms with Gasteiger partial charge in [0.05, 0.1) is 11.6 Å². The van der Waals surface area contributed by atoms with Crippen molar-refractivity contribution in [2.45, 2.75) is 11.8 Å². The zero-order valence-electron chi connectivity index (χ0n) is 10.4. The lowest BCUT2D eigenvalue weighted by atomic mass is 9.74. The summed E-state index contributed by atoms with van der Waals surface area (Å²) in [6, 6.07) is 3.68. The topological polar surface area (TPSA) is 46.3 Å². The summed E-state index contributed by atoms with van der Waals surface area (Å²) in [7, 11) is 0. The molecule has 102 valence electrons. The van der Waals surface area contributed by atoms with Crippen LogP contribution in [0.15, 0.2) is 59.1 Å². The standard InChI is InChI=1S/C15H11F2NO2/c16-11-2-1-3-12(17)13(11)15(14-18-8-9-20-14)6-4-10(19)5-7-15/h1-6,8-9,19H,7H2. The molecule has 5 heteroatoms. The Morgan fingerprint density at radius 3 is 2.55 bits per heavy atom. The minimum Gasteiger partial charge on any atom is -0.508 e. The second-order valence-electron chi connectivity index (χ2n) is 4.57. The van der Waals surface area contributed by atoms with Gasteiger partial charge in [0.2, 0.25) is 5.89 Å². The largest absolute Gasteiger partial charge is 0.508 e. The summed E-state index contributed by atoms with van der Waals surface area (Å²) in [4.78, 5) is 4.03. The Hall–Kier alpha value is -2.43. The first-order valence-corrected chi connectivity index (χ1v) is 6.06. The van der Waals surface area contributed by atoms with Crippen LogP contribution in [0.1, 0.15) is 17.9 Å². The van der Waals surface area contributed by atoms with Gasteiger partial charge in [0.15, 0.2) is 0 Å². The fourth-order valence-corrected chi connectivity index (χ4v) is 2.45. The number of hydrogen-bond donors (Lipinski definition) is 1. The first kappa shape index (κ1) is 12.6. The van der Waals surface area contributed by atoms with Gasteiger partial charge in [0.25, 0.3) is 0 Å². The third-order valence-corrected chi connectivity index (χ3v) is 3.39. The number of oxazole rings is 1. The first-order chi connectivity index (χ1) is 9.63. The molecule has 0 radical (unpaired) electrons. The third-order valence-electron chi connectivity index (χ3n) is 3.39. The fourth-order valence-electron chi connectivity index (χ4n) is 2.45. The lowest BCUT2D eigenvalue weighted by Gasteiger charge is -2.29. The van der Waals surface area contributed by atoms with E-state index in [1.165, 1.54) is 48.9 Å². The van der Waals surface area contributed by atoms with Crippen LogP contribution < -0.4 is 0 Å². The van der Waals surface area contributed by atoms with Gasteiger partial charge < -0.3 is 9.52 Å². The fraction of sp³-hybridized carbons (Fsp3) is 0.133. The molecule has 0 saturated heterocycles. The molecule has 1 aromatic heterocycles. The Morgan fingerprint density at radius 1 is 1.25 bits per heavy atom. The molecule has 0 saturated carbocycles. The minimum atomic E-state index is -1.19. The molecule has 0 spiro atoms. The van der Waals surface area contributed by atoms with E-state index in [0.717, 1.165) is 0 Å². The highest BCUT2D eigenvalue weighted by Gasteiger charge is 2.41. The van der Waals surface area contributed by atoms with Crippen molar-refractivity contribution in [3.05, 3.63) is 77.7 Å². The van der Waals surface area contributed by atoms with Crippen molar-refractivity contribution >= 4 is 0 Å². The number of hydrogen-bond acceptors (Lipinski definition) is 3. The summed E-state index contributed by atoms with van der Waals surface area (Å²) < 4.78 is 33.6. The number of nitrogens with zero attached hydrogens (tertiary/aromatic N) is 1. The van der Waals surface area contributed by atoms with E-state index in [1.54, 1.807) is 0 Å². The van der Waals surface area contributed by atoms with Crippen molar-refractivity contribution in [3.8, 4) is 0 Å². The molecule has 20 heavy (non-hydrogen) atoms. The van der Waals surface area contributed by atoms with Crippen LogP contribution in [-0.2, 0) is 5.41 Å². The van der Waals surface area contributed by atoms with E-state index in [0.29, 0.717) is 0 Å². The second-order valence-corrected chi connectivity index (χ2v) is 4.57. The van der Waals surface area contributed by atoms with Crippen LogP contribution in [0, 0.1) is 11.6 Å². The molecule has 1 unspecified atom stereocenters.